The Morgan fingerprint density at radius 1 is 0.906 bits per heavy atom. The highest BCUT2D eigenvalue weighted by Crippen LogP contribution is 2.34. The number of nitrogens with one attached hydrogen (secondary N) is 2. The first-order chi connectivity index (χ1) is 15.4. The highest BCUT2D eigenvalue weighted by atomic mass is 32.2. The van der Waals surface area contributed by atoms with E-state index in [1.165, 1.54) is 35.0 Å². The molecule has 4 rings (SSSR count). The summed E-state index contributed by atoms with van der Waals surface area (Å²) in [6, 6.07) is 22.3. The first kappa shape index (κ1) is 21.8. The number of anilines is 1. The van der Waals surface area contributed by atoms with E-state index < -0.39 is 5.25 Å². The predicted octanol–water partition coefficient (Wildman–Crippen LogP) is 6.62. The van der Waals surface area contributed by atoms with Gasteiger partial charge >= 0.3 is 0 Å². The first-order valence-electron chi connectivity index (χ1n) is 10.4. The van der Waals surface area contributed by atoms with Gasteiger partial charge in [-0.25, -0.2) is 9.37 Å². The van der Waals surface area contributed by atoms with Crippen LogP contribution in [0.4, 0.5) is 10.1 Å². The normalized spacial score (nSPS) is 11.9. The van der Waals surface area contributed by atoms with Crippen molar-refractivity contribution in [3.8, 4) is 22.5 Å². The van der Waals surface area contributed by atoms with Crippen molar-refractivity contribution in [1.82, 2.24) is 9.97 Å². The Kier molecular flexibility index (Phi) is 6.42. The fraction of sp³-hybridized carbons (Fsp3) is 0.154. The third-order valence-electron chi connectivity index (χ3n) is 5.12. The highest BCUT2D eigenvalue weighted by molar-refractivity contribution is 8.00. The van der Waals surface area contributed by atoms with Crippen molar-refractivity contribution >= 4 is 23.4 Å². The van der Waals surface area contributed by atoms with E-state index in [1.807, 2.05) is 6.92 Å². The molecule has 1 amide bonds. The number of aryl methyl sites for hydroxylation is 2. The van der Waals surface area contributed by atoms with Crippen molar-refractivity contribution in [2.75, 3.05) is 5.32 Å². The lowest BCUT2D eigenvalue weighted by atomic mass is 10.0. The molecule has 1 atom stereocenters. The number of nitrogens with zero attached hydrogens (tertiary/aromatic N) is 1. The molecule has 0 saturated carbocycles. The quantitative estimate of drug-likeness (QED) is 0.328. The molecule has 1 aromatic heterocycles. The van der Waals surface area contributed by atoms with Crippen LogP contribution in [0.1, 0.15) is 18.1 Å². The zero-order chi connectivity index (χ0) is 22.7. The van der Waals surface area contributed by atoms with Crippen LogP contribution in [0.5, 0.6) is 0 Å². The molecule has 2 N–H and O–H groups in total. The number of hydrogen-bond acceptors (Lipinski definition) is 3. The highest BCUT2D eigenvalue weighted by Gasteiger charge is 2.20. The summed E-state index contributed by atoms with van der Waals surface area (Å²) in [5.74, 6) is -0.514. The van der Waals surface area contributed by atoms with Crippen molar-refractivity contribution < 1.29 is 9.18 Å². The van der Waals surface area contributed by atoms with Gasteiger partial charge in [-0.15, -0.1) is 0 Å². The predicted molar refractivity (Wildman–Crippen MR) is 129 cm³/mol. The van der Waals surface area contributed by atoms with E-state index in [9.17, 15) is 9.18 Å². The van der Waals surface area contributed by atoms with Gasteiger partial charge in [-0.3, -0.25) is 4.79 Å². The number of carbonyl (C=O) groups excluding carboxylic acids is 1. The molecule has 1 unspecified atom stereocenters. The largest absolute Gasteiger partial charge is 0.332 e. The minimum atomic E-state index is -0.400. The summed E-state index contributed by atoms with van der Waals surface area (Å²) in [6.45, 7) is 5.93. The molecule has 0 fully saturated rings. The summed E-state index contributed by atoms with van der Waals surface area (Å²) in [5.41, 5.74) is 6.74. The Hall–Kier alpha value is -3.38. The molecule has 0 spiro atoms. The second-order valence-corrected chi connectivity index (χ2v) is 9.08. The number of aromatic amines is 1. The Labute approximate surface area is 191 Å². The molecule has 32 heavy (non-hydrogen) atoms. The topological polar surface area (TPSA) is 57.8 Å². The van der Waals surface area contributed by atoms with Gasteiger partial charge in [0.25, 0.3) is 0 Å². The number of carbonyl (C=O) groups is 1. The summed E-state index contributed by atoms with van der Waals surface area (Å²) in [7, 11) is 0. The Balaban J connectivity index is 1.60. The van der Waals surface area contributed by atoms with E-state index in [2.05, 4.69) is 72.7 Å². The van der Waals surface area contributed by atoms with Gasteiger partial charge in [-0.1, -0.05) is 71.4 Å². The maximum atomic E-state index is 13.1. The number of H-pyrrole nitrogens is 1. The lowest BCUT2D eigenvalue weighted by molar-refractivity contribution is -0.115. The molecular weight excluding hydrogens is 421 g/mol. The number of imidazole rings is 1. The fourth-order valence-electron chi connectivity index (χ4n) is 3.25. The summed E-state index contributed by atoms with van der Waals surface area (Å²) in [5, 5.41) is 3.08. The molecule has 0 bridgehead atoms. The van der Waals surface area contributed by atoms with Crippen LogP contribution in [0.2, 0.25) is 0 Å². The van der Waals surface area contributed by atoms with Gasteiger partial charge < -0.3 is 10.3 Å². The van der Waals surface area contributed by atoms with Crippen LogP contribution >= 0.6 is 11.8 Å². The minimum Gasteiger partial charge on any atom is -0.332 e. The maximum absolute atomic E-state index is 13.1. The van der Waals surface area contributed by atoms with Crippen LogP contribution in [0, 0.1) is 19.7 Å². The van der Waals surface area contributed by atoms with E-state index >= 15 is 0 Å². The molecule has 3 aromatic carbocycles. The standard InChI is InChI=1S/C26H24FN3OS/c1-16-4-8-19(9-5-16)23-24(20-10-6-17(2)7-11-20)30-26(29-23)32-18(3)25(31)28-22-14-12-21(27)13-15-22/h4-15,18H,1-3H3,(H,28,31)(H,29,30). The van der Waals surface area contributed by atoms with Crippen molar-refractivity contribution in [2.45, 2.75) is 31.2 Å². The number of benzene rings is 3. The fourth-order valence-corrected chi connectivity index (χ4v) is 4.06. The second-order valence-electron chi connectivity index (χ2n) is 7.75. The van der Waals surface area contributed by atoms with E-state index in [4.69, 9.17) is 4.98 Å². The number of amides is 1. The summed E-state index contributed by atoms with van der Waals surface area (Å²) in [4.78, 5) is 20.9. The van der Waals surface area contributed by atoms with Gasteiger partial charge in [0.1, 0.15) is 5.82 Å². The molecule has 162 valence electrons. The van der Waals surface area contributed by atoms with Crippen molar-refractivity contribution in [3.05, 3.63) is 89.7 Å². The Bertz CT molecular complexity index is 1150. The van der Waals surface area contributed by atoms with Gasteiger partial charge in [0, 0.05) is 16.8 Å². The molecule has 4 nitrogen and oxygen atoms in total. The van der Waals surface area contributed by atoms with Crippen molar-refractivity contribution in [3.63, 3.8) is 0 Å². The van der Waals surface area contributed by atoms with Gasteiger partial charge in [0.2, 0.25) is 5.91 Å². The lowest BCUT2D eigenvalue weighted by Crippen LogP contribution is -2.22. The Morgan fingerprint density at radius 3 is 2.06 bits per heavy atom. The Morgan fingerprint density at radius 2 is 1.47 bits per heavy atom. The second kappa shape index (κ2) is 9.40. The molecule has 4 aromatic rings. The third kappa shape index (κ3) is 5.08. The number of halogens is 1. The molecule has 0 radical (unpaired) electrons. The minimum absolute atomic E-state index is 0.174. The van der Waals surface area contributed by atoms with E-state index in [-0.39, 0.29) is 11.7 Å². The molecule has 0 aliphatic rings. The molecule has 1 heterocycles. The van der Waals surface area contributed by atoms with Crippen molar-refractivity contribution in [1.29, 1.82) is 0 Å². The smallest absolute Gasteiger partial charge is 0.237 e. The van der Waals surface area contributed by atoms with Gasteiger partial charge in [-0.05, 0) is 45.0 Å². The summed E-state index contributed by atoms with van der Waals surface area (Å²) in [6.07, 6.45) is 0. The van der Waals surface area contributed by atoms with E-state index in [0.29, 0.717) is 10.8 Å². The number of rotatable bonds is 6. The average molecular weight is 446 g/mol. The lowest BCUT2D eigenvalue weighted by Gasteiger charge is -2.10. The molecule has 0 saturated heterocycles. The molecule has 6 heteroatoms. The van der Waals surface area contributed by atoms with Crippen LogP contribution in [-0.2, 0) is 4.79 Å². The van der Waals surface area contributed by atoms with Crippen LogP contribution in [0.25, 0.3) is 22.5 Å². The summed E-state index contributed by atoms with van der Waals surface area (Å²) >= 11 is 1.35. The van der Waals surface area contributed by atoms with E-state index in [0.717, 1.165) is 22.5 Å². The number of hydrogen-bond donors (Lipinski definition) is 2. The van der Waals surface area contributed by atoms with Crippen LogP contribution in [0.3, 0.4) is 0 Å². The third-order valence-corrected chi connectivity index (χ3v) is 6.10. The van der Waals surface area contributed by atoms with Gasteiger partial charge in [0.05, 0.1) is 16.6 Å². The van der Waals surface area contributed by atoms with Crippen LogP contribution in [0.15, 0.2) is 78.0 Å². The zero-order valence-corrected chi connectivity index (χ0v) is 19.0. The van der Waals surface area contributed by atoms with Gasteiger partial charge in [-0.2, -0.15) is 0 Å². The average Bonchev–Trinajstić information content (AvgIpc) is 3.20. The zero-order valence-electron chi connectivity index (χ0n) is 18.1. The number of aromatic nitrogens is 2. The number of thioether (sulfide) groups is 1. The SMILES string of the molecule is Cc1ccc(-c2nc(SC(C)C(=O)Nc3ccc(F)cc3)[nH]c2-c2ccc(C)cc2)cc1. The molecule has 0 aliphatic carbocycles. The molecular formula is C26H24FN3OS. The van der Waals surface area contributed by atoms with Crippen LogP contribution in [-0.4, -0.2) is 21.1 Å². The maximum Gasteiger partial charge on any atom is 0.237 e. The monoisotopic (exact) mass is 445 g/mol. The van der Waals surface area contributed by atoms with Crippen molar-refractivity contribution in [2.24, 2.45) is 0 Å². The van der Waals surface area contributed by atoms with Crippen LogP contribution < -0.4 is 5.32 Å². The molecule has 0 aliphatic heterocycles. The van der Waals surface area contributed by atoms with Gasteiger partial charge in [0.15, 0.2) is 5.16 Å². The first-order valence-corrected chi connectivity index (χ1v) is 11.2. The van der Waals surface area contributed by atoms with E-state index in [1.54, 1.807) is 12.1 Å². The summed E-state index contributed by atoms with van der Waals surface area (Å²) < 4.78 is 13.1.